The molecule has 1 heterocycles. The Bertz CT molecular complexity index is 1430. The first-order valence-electron chi connectivity index (χ1n) is 13.8. The number of dihydropyridines is 1. The summed E-state index contributed by atoms with van der Waals surface area (Å²) in [6.45, 7) is 5.21. The molecule has 8 nitrogen and oxygen atoms in total. The highest BCUT2D eigenvalue weighted by Crippen LogP contribution is 2.22. The molecule has 0 saturated heterocycles. The molecule has 41 heavy (non-hydrogen) atoms. The zero-order chi connectivity index (χ0) is 29.2. The SMILES string of the molecule is CCC(=O)N(CCC(C)C1=NCC(NC(=O)c2cccc(Oc3ccccc3)c2)C=C1)Cc1cccc(C(=O)O)c1. The van der Waals surface area contributed by atoms with Gasteiger partial charge in [-0.05, 0) is 66.4 Å². The molecule has 0 aliphatic carbocycles. The van der Waals surface area contributed by atoms with Gasteiger partial charge in [-0.15, -0.1) is 0 Å². The van der Waals surface area contributed by atoms with E-state index in [1.54, 1.807) is 41.3 Å². The number of carboxylic acid groups (broad SMARTS) is 1. The van der Waals surface area contributed by atoms with Crippen LogP contribution in [0.4, 0.5) is 0 Å². The first-order chi connectivity index (χ1) is 19.8. The summed E-state index contributed by atoms with van der Waals surface area (Å²) in [6, 6.07) is 22.9. The van der Waals surface area contributed by atoms with Crippen molar-refractivity contribution in [2.24, 2.45) is 10.9 Å². The van der Waals surface area contributed by atoms with Crippen molar-refractivity contribution in [1.29, 1.82) is 0 Å². The molecule has 0 fully saturated rings. The zero-order valence-corrected chi connectivity index (χ0v) is 23.3. The van der Waals surface area contributed by atoms with Crippen molar-refractivity contribution < 1.29 is 24.2 Å². The van der Waals surface area contributed by atoms with Crippen LogP contribution in [0.25, 0.3) is 0 Å². The molecule has 1 aliphatic rings. The number of carbonyl (C=O) groups is 3. The largest absolute Gasteiger partial charge is 0.478 e. The molecule has 0 saturated carbocycles. The van der Waals surface area contributed by atoms with Gasteiger partial charge < -0.3 is 20.1 Å². The van der Waals surface area contributed by atoms with Gasteiger partial charge in [0.25, 0.3) is 5.91 Å². The molecule has 2 N–H and O–H groups in total. The number of carboxylic acids is 1. The van der Waals surface area contributed by atoms with E-state index < -0.39 is 5.97 Å². The summed E-state index contributed by atoms with van der Waals surface area (Å²) in [7, 11) is 0. The van der Waals surface area contributed by atoms with Gasteiger partial charge in [0.15, 0.2) is 0 Å². The lowest BCUT2D eigenvalue weighted by molar-refractivity contribution is -0.131. The predicted molar refractivity (Wildman–Crippen MR) is 159 cm³/mol. The van der Waals surface area contributed by atoms with Crippen LogP contribution in [0.3, 0.4) is 0 Å². The number of ether oxygens (including phenoxy) is 1. The summed E-state index contributed by atoms with van der Waals surface area (Å²) < 4.78 is 5.85. The second kappa shape index (κ2) is 14.1. The minimum absolute atomic E-state index is 0.0140. The number of aliphatic imine (C=N–C) groups is 1. The van der Waals surface area contributed by atoms with E-state index in [2.05, 4.69) is 12.2 Å². The summed E-state index contributed by atoms with van der Waals surface area (Å²) >= 11 is 0. The molecule has 2 unspecified atom stereocenters. The highest BCUT2D eigenvalue weighted by molar-refractivity contribution is 5.98. The normalized spacial score (nSPS) is 15.0. The monoisotopic (exact) mass is 553 g/mol. The molecule has 4 rings (SSSR count). The number of hydrogen-bond acceptors (Lipinski definition) is 5. The number of allylic oxidation sites excluding steroid dienone is 1. The van der Waals surface area contributed by atoms with E-state index in [9.17, 15) is 19.5 Å². The number of nitrogens with one attached hydrogen (secondary N) is 1. The van der Waals surface area contributed by atoms with Crippen molar-refractivity contribution in [2.75, 3.05) is 13.1 Å². The van der Waals surface area contributed by atoms with E-state index in [1.807, 2.05) is 61.5 Å². The molecule has 3 aromatic carbocycles. The van der Waals surface area contributed by atoms with E-state index in [-0.39, 0.29) is 29.3 Å². The number of rotatable bonds is 12. The van der Waals surface area contributed by atoms with Gasteiger partial charge in [0.1, 0.15) is 11.5 Å². The predicted octanol–water partition coefficient (Wildman–Crippen LogP) is 5.75. The van der Waals surface area contributed by atoms with Crippen LogP contribution in [0.1, 0.15) is 53.0 Å². The van der Waals surface area contributed by atoms with Gasteiger partial charge >= 0.3 is 5.97 Å². The van der Waals surface area contributed by atoms with Crippen LogP contribution in [0, 0.1) is 5.92 Å². The number of nitrogens with zero attached hydrogens (tertiary/aromatic N) is 2. The van der Waals surface area contributed by atoms with Gasteiger partial charge in [-0.25, -0.2) is 4.79 Å². The summed E-state index contributed by atoms with van der Waals surface area (Å²) in [4.78, 5) is 43.3. The topological polar surface area (TPSA) is 108 Å². The van der Waals surface area contributed by atoms with Crippen LogP contribution in [0.5, 0.6) is 11.5 Å². The van der Waals surface area contributed by atoms with E-state index in [4.69, 9.17) is 9.73 Å². The number of aromatic carboxylic acids is 1. The summed E-state index contributed by atoms with van der Waals surface area (Å²) in [5.41, 5.74) is 2.41. The van der Waals surface area contributed by atoms with Crippen molar-refractivity contribution in [3.63, 3.8) is 0 Å². The van der Waals surface area contributed by atoms with Crippen LogP contribution in [0.2, 0.25) is 0 Å². The summed E-state index contributed by atoms with van der Waals surface area (Å²) in [6.07, 6.45) is 4.97. The van der Waals surface area contributed by atoms with Gasteiger partial charge in [0.05, 0.1) is 18.2 Å². The number of benzene rings is 3. The molecule has 0 bridgehead atoms. The van der Waals surface area contributed by atoms with Gasteiger partial charge in [-0.2, -0.15) is 0 Å². The Morgan fingerprint density at radius 1 is 1.00 bits per heavy atom. The Morgan fingerprint density at radius 3 is 2.44 bits per heavy atom. The van der Waals surface area contributed by atoms with Crippen LogP contribution in [0.15, 0.2) is 96.0 Å². The number of amides is 2. The molecule has 0 spiro atoms. The molecule has 2 atom stereocenters. The number of carbonyl (C=O) groups excluding carboxylic acids is 2. The highest BCUT2D eigenvalue weighted by Gasteiger charge is 2.20. The lowest BCUT2D eigenvalue weighted by Gasteiger charge is -2.25. The maximum atomic E-state index is 12.9. The second-order valence-electron chi connectivity index (χ2n) is 10.0. The molecule has 8 heteroatoms. The van der Waals surface area contributed by atoms with Crippen LogP contribution >= 0.6 is 0 Å². The lowest BCUT2D eigenvalue weighted by atomic mass is 9.98. The Balaban J connectivity index is 1.29. The van der Waals surface area contributed by atoms with Crippen LogP contribution < -0.4 is 10.1 Å². The van der Waals surface area contributed by atoms with Gasteiger partial charge in [0, 0.05) is 30.8 Å². The first-order valence-corrected chi connectivity index (χ1v) is 13.8. The third kappa shape index (κ3) is 8.38. The van der Waals surface area contributed by atoms with Crippen molar-refractivity contribution in [3.05, 3.63) is 108 Å². The molecule has 1 aliphatic heterocycles. The van der Waals surface area contributed by atoms with Gasteiger partial charge in [0.2, 0.25) is 5.91 Å². The summed E-state index contributed by atoms with van der Waals surface area (Å²) in [5, 5.41) is 12.3. The summed E-state index contributed by atoms with van der Waals surface area (Å²) in [5.74, 6) is 0.210. The quantitative estimate of drug-likeness (QED) is 0.297. The van der Waals surface area contributed by atoms with Crippen molar-refractivity contribution in [2.45, 2.75) is 39.3 Å². The maximum absolute atomic E-state index is 12.9. The third-order valence-electron chi connectivity index (χ3n) is 6.90. The average molecular weight is 554 g/mol. The third-order valence-corrected chi connectivity index (χ3v) is 6.90. The van der Waals surface area contributed by atoms with E-state index in [0.717, 1.165) is 11.3 Å². The smallest absolute Gasteiger partial charge is 0.335 e. The fourth-order valence-corrected chi connectivity index (χ4v) is 4.56. The van der Waals surface area contributed by atoms with Crippen molar-refractivity contribution in [3.8, 4) is 11.5 Å². The van der Waals surface area contributed by atoms with Gasteiger partial charge in [-0.1, -0.05) is 56.3 Å². The van der Waals surface area contributed by atoms with E-state index >= 15 is 0 Å². The minimum atomic E-state index is -0.990. The lowest BCUT2D eigenvalue weighted by Crippen LogP contribution is -2.38. The molecular weight excluding hydrogens is 518 g/mol. The molecule has 2 amide bonds. The highest BCUT2D eigenvalue weighted by atomic mass is 16.5. The fourth-order valence-electron chi connectivity index (χ4n) is 4.56. The van der Waals surface area contributed by atoms with Crippen molar-refractivity contribution >= 4 is 23.5 Å². The zero-order valence-electron chi connectivity index (χ0n) is 23.3. The maximum Gasteiger partial charge on any atom is 0.335 e. The Morgan fingerprint density at radius 2 is 1.73 bits per heavy atom. The standard InChI is InChI=1S/C33H35N3O5/c1-3-31(37)36(22-24-9-7-11-26(19-24)33(39)40)18-17-23(2)30-16-15-27(21-34-30)35-32(38)25-10-8-14-29(20-25)41-28-12-5-4-6-13-28/h4-16,19-20,23,27H,3,17-18,21-22H2,1-2H3,(H,35,38)(H,39,40). The minimum Gasteiger partial charge on any atom is -0.478 e. The van der Waals surface area contributed by atoms with Crippen LogP contribution in [-0.4, -0.2) is 52.6 Å². The number of hydrogen-bond donors (Lipinski definition) is 2. The molecular formula is C33H35N3O5. The molecule has 212 valence electrons. The van der Waals surface area contributed by atoms with E-state index in [1.165, 1.54) is 0 Å². The van der Waals surface area contributed by atoms with Crippen LogP contribution in [-0.2, 0) is 11.3 Å². The second-order valence-corrected chi connectivity index (χ2v) is 10.0. The van der Waals surface area contributed by atoms with Gasteiger partial charge in [-0.3, -0.25) is 14.6 Å². The fraction of sp³-hybridized carbons (Fsp3) is 0.273. The molecule has 3 aromatic rings. The van der Waals surface area contributed by atoms with Crippen molar-refractivity contribution in [1.82, 2.24) is 10.2 Å². The molecule has 0 aromatic heterocycles. The first kappa shape index (κ1) is 29.3. The molecule has 0 radical (unpaired) electrons. The Kier molecular flexibility index (Phi) is 10.0. The Hall–Kier alpha value is -4.72. The van der Waals surface area contributed by atoms with E-state index in [0.29, 0.717) is 49.5 Å². The number of para-hydroxylation sites is 1. The average Bonchev–Trinajstić information content (AvgIpc) is 2.99. The Labute approximate surface area is 240 Å².